The van der Waals surface area contributed by atoms with Gasteiger partial charge in [0.15, 0.2) is 5.65 Å². The zero-order chi connectivity index (χ0) is 9.42. The van der Waals surface area contributed by atoms with Crippen LogP contribution in [0.25, 0.3) is 11.2 Å². The quantitative estimate of drug-likeness (QED) is 0.648. The van der Waals surface area contributed by atoms with E-state index in [0.717, 1.165) is 16.9 Å². The van der Waals surface area contributed by atoms with Crippen molar-refractivity contribution < 1.29 is 0 Å². The molecule has 0 unspecified atom stereocenters. The predicted molar refractivity (Wildman–Crippen MR) is 48.2 cm³/mol. The summed E-state index contributed by atoms with van der Waals surface area (Å²) >= 11 is 0. The van der Waals surface area contributed by atoms with Gasteiger partial charge in [-0.05, 0) is 5.92 Å². The highest BCUT2D eigenvalue weighted by Gasteiger charge is 2.13. The van der Waals surface area contributed by atoms with E-state index in [-0.39, 0.29) is 0 Å². The highest BCUT2D eigenvalue weighted by atomic mass is 15.3. The van der Waals surface area contributed by atoms with Crippen LogP contribution in [0, 0.1) is 0 Å². The molecule has 5 heteroatoms. The molecule has 0 radical (unpaired) electrons. The Balaban J connectivity index is 2.78. The lowest BCUT2D eigenvalue weighted by Gasteiger charge is -1.97. The van der Waals surface area contributed by atoms with Crippen molar-refractivity contribution in [2.45, 2.75) is 19.8 Å². The topological polar surface area (TPSA) is 56.5 Å². The molecule has 68 valence electrons. The Labute approximate surface area is 75.8 Å². The van der Waals surface area contributed by atoms with E-state index in [0.29, 0.717) is 5.92 Å². The molecular weight excluding hydrogens is 166 g/mol. The predicted octanol–water partition coefficient (Wildman–Crippen LogP) is 0.882. The van der Waals surface area contributed by atoms with Crippen LogP contribution in [-0.4, -0.2) is 25.0 Å². The van der Waals surface area contributed by atoms with Crippen molar-refractivity contribution in [3.8, 4) is 0 Å². The highest BCUT2D eigenvalue weighted by molar-refractivity contribution is 5.72. The number of hydrogen-bond acceptors (Lipinski definition) is 4. The van der Waals surface area contributed by atoms with Crippen LogP contribution in [0.2, 0.25) is 0 Å². The molecule has 0 saturated heterocycles. The van der Waals surface area contributed by atoms with Crippen LogP contribution < -0.4 is 0 Å². The van der Waals surface area contributed by atoms with E-state index in [1.165, 1.54) is 6.33 Å². The van der Waals surface area contributed by atoms with E-state index < -0.39 is 0 Å². The van der Waals surface area contributed by atoms with Crippen LogP contribution in [0.4, 0.5) is 0 Å². The smallest absolute Gasteiger partial charge is 0.199 e. The molecule has 0 amide bonds. The summed E-state index contributed by atoms with van der Waals surface area (Å²) in [4.78, 5) is 4.17. The number of rotatable bonds is 1. The van der Waals surface area contributed by atoms with Crippen LogP contribution in [-0.2, 0) is 7.05 Å². The minimum atomic E-state index is 0.361. The van der Waals surface area contributed by atoms with Crippen LogP contribution in [0.5, 0.6) is 0 Å². The summed E-state index contributed by atoms with van der Waals surface area (Å²) in [6.45, 7) is 4.17. The summed E-state index contributed by atoms with van der Waals surface area (Å²) < 4.78 is 1.71. The minimum Gasteiger partial charge on any atom is -0.247 e. The Kier molecular flexibility index (Phi) is 1.72. The second-order valence-corrected chi connectivity index (χ2v) is 3.30. The van der Waals surface area contributed by atoms with E-state index in [2.05, 4.69) is 34.1 Å². The Morgan fingerprint density at radius 3 is 2.85 bits per heavy atom. The number of hydrogen-bond donors (Lipinski definition) is 0. The fraction of sp³-hybridized carbons (Fsp3) is 0.500. The van der Waals surface area contributed by atoms with Crippen molar-refractivity contribution >= 4 is 11.2 Å². The van der Waals surface area contributed by atoms with E-state index in [9.17, 15) is 0 Å². The number of nitrogens with zero attached hydrogens (tertiary/aromatic N) is 5. The highest BCUT2D eigenvalue weighted by Crippen LogP contribution is 2.19. The van der Waals surface area contributed by atoms with Gasteiger partial charge in [0.2, 0.25) is 0 Å². The van der Waals surface area contributed by atoms with Crippen molar-refractivity contribution in [1.82, 2.24) is 25.0 Å². The van der Waals surface area contributed by atoms with Gasteiger partial charge in [0.25, 0.3) is 0 Å². The summed E-state index contributed by atoms with van der Waals surface area (Å²) in [5.74, 6) is 0.361. The number of fused-ring (bicyclic) bond motifs is 1. The van der Waals surface area contributed by atoms with Gasteiger partial charge in [-0.1, -0.05) is 13.8 Å². The lowest BCUT2D eigenvalue weighted by Crippen LogP contribution is -1.94. The number of aryl methyl sites for hydroxylation is 1. The van der Waals surface area contributed by atoms with Crippen molar-refractivity contribution in [2.24, 2.45) is 7.05 Å². The zero-order valence-electron chi connectivity index (χ0n) is 7.89. The summed E-state index contributed by atoms with van der Waals surface area (Å²) in [6.07, 6.45) is 1.45. The third-order valence-electron chi connectivity index (χ3n) is 1.96. The third-order valence-corrected chi connectivity index (χ3v) is 1.96. The molecule has 0 aliphatic heterocycles. The maximum atomic E-state index is 4.34. The summed E-state index contributed by atoms with van der Waals surface area (Å²) in [5.41, 5.74) is 2.58. The van der Waals surface area contributed by atoms with Gasteiger partial charge in [-0.3, -0.25) is 0 Å². The van der Waals surface area contributed by atoms with Gasteiger partial charge in [-0.15, -0.1) is 10.2 Å². The molecule has 0 aliphatic carbocycles. The third kappa shape index (κ3) is 1.16. The van der Waals surface area contributed by atoms with Gasteiger partial charge in [-0.25, -0.2) is 9.67 Å². The average molecular weight is 177 g/mol. The monoisotopic (exact) mass is 177 g/mol. The Morgan fingerprint density at radius 2 is 2.15 bits per heavy atom. The summed E-state index contributed by atoms with van der Waals surface area (Å²) in [5, 5.41) is 12.0. The Hall–Kier alpha value is -1.52. The fourth-order valence-corrected chi connectivity index (χ4v) is 1.31. The Bertz CT molecular complexity index is 431. The molecule has 0 atom stereocenters. The lowest BCUT2D eigenvalue weighted by molar-refractivity contribution is 0.721. The molecule has 2 rings (SSSR count). The minimum absolute atomic E-state index is 0.361. The van der Waals surface area contributed by atoms with Crippen LogP contribution in [0.15, 0.2) is 6.33 Å². The van der Waals surface area contributed by atoms with Crippen LogP contribution in [0.3, 0.4) is 0 Å². The van der Waals surface area contributed by atoms with E-state index in [1.807, 2.05) is 7.05 Å². The normalized spacial score (nSPS) is 11.4. The van der Waals surface area contributed by atoms with Gasteiger partial charge in [0.05, 0.1) is 5.69 Å². The second-order valence-electron chi connectivity index (χ2n) is 3.30. The standard InChI is InChI=1S/C8H11N5/c1-5(2)6-7-8(13(3)12-6)11-10-4-9-7/h4-5H,1-3H3. The SMILES string of the molecule is CC(C)c1nn(C)c2nncnc12. The lowest BCUT2D eigenvalue weighted by atomic mass is 10.1. The van der Waals surface area contributed by atoms with Gasteiger partial charge >= 0.3 is 0 Å². The molecular formula is C8H11N5. The maximum Gasteiger partial charge on any atom is 0.199 e. The van der Waals surface area contributed by atoms with Crippen LogP contribution in [0.1, 0.15) is 25.5 Å². The molecule has 2 aromatic heterocycles. The van der Waals surface area contributed by atoms with Crippen molar-refractivity contribution in [1.29, 1.82) is 0 Å². The van der Waals surface area contributed by atoms with E-state index in [4.69, 9.17) is 0 Å². The first kappa shape index (κ1) is 8.10. The molecule has 2 heterocycles. The van der Waals surface area contributed by atoms with Gasteiger partial charge in [0, 0.05) is 7.05 Å². The van der Waals surface area contributed by atoms with Crippen molar-refractivity contribution in [3.05, 3.63) is 12.0 Å². The molecule has 0 N–H and O–H groups in total. The first-order chi connectivity index (χ1) is 6.20. The number of aromatic nitrogens is 5. The molecule has 0 saturated carbocycles. The maximum absolute atomic E-state index is 4.34. The first-order valence-corrected chi connectivity index (χ1v) is 4.20. The zero-order valence-corrected chi connectivity index (χ0v) is 7.89. The summed E-state index contributed by atoms with van der Waals surface area (Å²) in [6, 6.07) is 0. The van der Waals surface area contributed by atoms with Crippen molar-refractivity contribution in [2.75, 3.05) is 0 Å². The summed E-state index contributed by atoms with van der Waals surface area (Å²) in [7, 11) is 1.85. The average Bonchev–Trinajstić information content (AvgIpc) is 2.45. The van der Waals surface area contributed by atoms with E-state index in [1.54, 1.807) is 4.68 Å². The van der Waals surface area contributed by atoms with Gasteiger partial charge in [0.1, 0.15) is 11.8 Å². The second kappa shape index (κ2) is 2.76. The molecule has 13 heavy (non-hydrogen) atoms. The largest absolute Gasteiger partial charge is 0.247 e. The first-order valence-electron chi connectivity index (χ1n) is 4.20. The van der Waals surface area contributed by atoms with E-state index >= 15 is 0 Å². The molecule has 0 aromatic carbocycles. The molecule has 2 aromatic rings. The van der Waals surface area contributed by atoms with Crippen molar-refractivity contribution in [3.63, 3.8) is 0 Å². The Morgan fingerprint density at radius 1 is 1.38 bits per heavy atom. The molecule has 0 fully saturated rings. The van der Waals surface area contributed by atoms with Crippen LogP contribution >= 0.6 is 0 Å². The fourth-order valence-electron chi connectivity index (χ4n) is 1.31. The molecule has 0 spiro atoms. The molecule has 0 aliphatic rings. The van der Waals surface area contributed by atoms with Gasteiger partial charge < -0.3 is 0 Å². The van der Waals surface area contributed by atoms with Gasteiger partial charge in [-0.2, -0.15) is 5.10 Å². The molecule has 5 nitrogen and oxygen atoms in total. The molecule has 0 bridgehead atoms.